The van der Waals surface area contributed by atoms with Gasteiger partial charge in [0.2, 0.25) is 21.8 Å². The molecule has 0 unspecified atom stereocenters. The highest BCUT2D eigenvalue weighted by Crippen LogP contribution is 2.45. The number of alkyl carbamates (subject to hydrolysis) is 1. The van der Waals surface area contributed by atoms with Crippen molar-refractivity contribution in [1.82, 2.24) is 20.3 Å². The van der Waals surface area contributed by atoms with E-state index in [4.69, 9.17) is 9.47 Å². The number of sulfonamides is 1. The van der Waals surface area contributed by atoms with Gasteiger partial charge in [-0.2, -0.15) is 0 Å². The van der Waals surface area contributed by atoms with Crippen molar-refractivity contribution >= 4 is 55.8 Å². The number of nitrogens with one attached hydrogen (secondary N) is 3. The van der Waals surface area contributed by atoms with Gasteiger partial charge in [0.05, 0.1) is 24.6 Å². The summed E-state index contributed by atoms with van der Waals surface area (Å²) in [4.78, 5) is 55.6. The molecule has 4 amide bonds. The number of amides is 4. The Hall–Kier alpha value is -3.23. The Morgan fingerprint density at radius 2 is 2.02 bits per heavy atom. The minimum atomic E-state index is -3.85. The van der Waals surface area contributed by atoms with Crippen LogP contribution in [0.25, 0.3) is 6.08 Å². The normalized spacial score (nSPS) is 29.0. The molecule has 12 nitrogen and oxygen atoms in total. The van der Waals surface area contributed by atoms with Crippen LogP contribution in [0.2, 0.25) is 0 Å². The summed E-state index contributed by atoms with van der Waals surface area (Å²) in [6.07, 6.45) is 8.61. The van der Waals surface area contributed by atoms with Gasteiger partial charge < -0.3 is 25.0 Å². The van der Waals surface area contributed by atoms with Gasteiger partial charge in [-0.3, -0.25) is 19.1 Å². The monoisotopic (exact) mass is 734 g/mol. The van der Waals surface area contributed by atoms with E-state index >= 15 is 0 Å². The molecule has 3 fully saturated rings. The van der Waals surface area contributed by atoms with Crippen LogP contribution < -0.4 is 15.4 Å². The van der Waals surface area contributed by atoms with E-state index in [1.807, 2.05) is 37.3 Å². The molecule has 0 aromatic heterocycles. The van der Waals surface area contributed by atoms with Crippen LogP contribution in [0.4, 0.5) is 4.79 Å². The van der Waals surface area contributed by atoms with Gasteiger partial charge in [-0.1, -0.05) is 53.9 Å². The standard InChI is InChI=1S/C33H43BrN4O8S/c1-3-5-10-27-30(40)38-19-25(46-20-22-14-21(15-24(34)16-22)9-7-6-8-13-45-32(42)35-27)17-28(38)29(39)36-33(18-23(33)4-2)31(41)37-47(43,44)26-11-12-26/h4,7,9,14-16,23,25-28H,2-3,5-6,8,10-13,17-20H2,1H3,(H,35,42)(H,36,39)(H,37,41)/b9-7+/t23-,25-,27+,28+,33-/m1/s1. The van der Waals surface area contributed by atoms with Crippen molar-refractivity contribution in [3.8, 4) is 0 Å². The summed E-state index contributed by atoms with van der Waals surface area (Å²) in [5.74, 6) is -2.35. The first-order valence-corrected chi connectivity index (χ1v) is 18.6. The predicted molar refractivity (Wildman–Crippen MR) is 178 cm³/mol. The molecule has 47 heavy (non-hydrogen) atoms. The summed E-state index contributed by atoms with van der Waals surface area (Å²) in [7, 11) is -3.85. The lowest BCUT2D eigenvalue weighted by Crippen LogP contribution is -2.58. The fourth-order valence-corrected chi connectivity index (χ4v) is 8.06. The fraction of sp³-hybridized carbons (Fsp3) is 0.576. The summed E-state index contributed by atoms with van der Waals surface area (Å²) in [5, 5.41) is 4.88. The lowest BCUT2D eigenvalue weighted by Gasteiger charge is -2.29. The second-order valence-corrected chi connectivity index (χ2v) is 15.6. The lowest BCUT2D eigenvalue weighted by atomic mass is 10.1. The van der Waals surface area contributed by atoms with Crippen LogP contribution in [0.3, 0.4) is 0 Å². The number of unbranched alkanes of at least 4 members (excludes halogenated alkanes) is 1. The Labute approximate surface area is 284 Å². The molecule has 2 aliphatic carbocycles. The van der Waals surface area contributed by atoms with Crippen molar-refractivity contribution in [1.29, 1.82) is 0 Å². The average Bonchev–Trinajstić information content (AvgIpc) is 3.95. The number of cyclic esters (lactones) is 1. The Bertz CT molecular complexity index is 1530. The number of fused-ring (bicyclic) bond motifs is 4. The molecule has 2 heterocycles. The zero-order valence-electron chi connectivity index (χ0n) is 26.5. The Balaban J connectivity index is 1.40. The molecule has 4 aliphatic rings. The SMILES string of the molecule is C=C[C@@H]1C[C@]1(NC(=O)[C@@H]1C[C@@H]2CN1C(=O)[C@H](CCCC)NC(=O)OCCC/C=C/c1cc(Br)cc(c1)CO2)C(=O)NS(=O)(=O)C1CC1. The number of rotatable bonds is 9. The number of nitrogens with zero attached hydrogens (tertiary/aromatic N) is 1. The number of carbonyl (C=O) groups excluding carboxylic acids is 4. The molecule has 0 radical (unpaired) electrons. The molecule has 2 saturated carbocycles. The molecule has 14 heteroatoms. The van der Waals surface area contributed by atoms with Crippen molar-refractivity contribution in [3.05, 3.63) is 52.5 Å². The fourth-order valence-electron chi connectivity index (χ4n) is 6.13. The molecule has 1 saturated heterocycles. The Morgan fingerprint density at radius 3 is 2.72 bits per heavy atom. The number of carbonyl (C=O) groups is 4. The molecule has 5 rings (SSSR count). The van der Waals surface area contributed by atoms with E-state index in [2.05, 4.69) is 37.9 Å². The predicted octanol–water partition coefficient (Wildman–Crippen LogP) is 3.70. The van der Waals surface area contributed by atoms with E-state index in [0.29, 0.717) is 38.5 Å². The van der Waals surface area contributed by atoms with E-state index in [1.165, 1.54) is 11.0 Å². The van der Waals surface area contributed by atoms with E-state index in [0.717, 1.165) is 22.0 Å². The summed E-state index contributed by atoms with van der Waals surface area (Å²) >= 11 is 3.56. The number of ether oxygens (including phenoxy) is 2. The number of benzene rings is 1. The molecule has 5 atom stereocenters. The third kappa shape index (κ3) is 8.63. The molecule has 3 N–H and O–H groups in total. The quantitative estimate of drug-likeness (QED) is 0.324. The van der Waals surface area contributed by atoms with Crippen LogP contribution >= 0.6 is 15.9 Å². The lowest BCUT2D eigenvalue weighted by molar-refractivity contribution is -0.141. The number of allylic oxidation sites excluding steroid dienone is 1. The highest BCUT2D eigenvalue weighted by atomic mass is 79.9. The van der Waals surface area contributed by atoms with Crippen molar-refractivity contribution in [3.63, 3.8) is 0 Å². The summed E-state index contributed by atoms with van der Waals surface area (Å²) in [5.41, 5.74) is 0.372. The minimum Gasteiger partial charge on any atom is -0.450 e. The van der Waals surface area contributed by atoms with Crippen molar-refractivity contribution in [2.75, 3.05) is 13.2 Å². The summed E-state index contributed by atoms with van der Waals surface area (Å²) < 4.78 is 39.8. The van der Waals surface area contributed by atoms with E-state index in [-0.39, 0.29) is 32.6 Å². The van der Waals surface area contributed by atoms with Crippen molar-refractivity contribution in [2.45, 2.75) is 100 Å². The van der Waals surface area contributed by atoms with E-state index in [1.54, 1.807) is 0 Å². The van der Waals surface area contributed by atoms with Crippen LogP contribution in [0.5, 0.6) is 0 Å². The molecule has 256 valence electrons. The van der Waals surface area contributed by atoms with Gasteiger partial charge in [-0.15, -0.1) is 6.58 Å². The Morgan fingerprint density at radius 1 is 1.23 bits per heavy atom. The van der Waals surface area contributed by atoms with E-state index in [9.17, 15) is 27.6 Å². The van der Waals surface area contributed by atoms with Crippen LogP contribution in [0.1, 0.15) is 75.8 Å². The molecule has 2 aliphatic heterocycles. The van der Waals surface area contributed by atoms with Crippen LogP contribution in [0.15, 0.2) is 41.4 Å². The zero-order chi connectivity index (χ0) is 33.8. The smallest absolute Gasteiger partial charge is 0.407 e. The first-order valence-electron chi connectivity index (χ1n) is 16.3. The van der Waals surface area contributed by atoms with Gasteiger partial charge >= 0.3 is 6.09 Å². The van der Waals surface area contributed by atoms with Gasteiger partial charge in [0, 0.05) is 23.4 Å². The third-order valence-corrected chi connectivity index (χ3v) is 11.3. The molecule has 4 bridgehead atoms. The van der Waals surface area contributed by atoms with Gasteiger partial charge in [-0.25, -0.2) is 13.2 Å². The van der Waals surface area contributed by atoms with Gasteiger partial charge in [0.15, 0.2) is 0 Å². The summed E-state index contributed by atoms with van der Waals surface area (Å²) in [6, 6.07) is 3.95. The topological polar surface area (TPSA) is 160 Å². The molecule has 1 aromatic carbocycles. The summed E-state index contributed by atoms with van der Waals surface area (Å²) in [6.45, 7) is 6.21. The maximum atomic E-state index is 14.1. The van der Waals surface area contributed by atoms with Gasteiger partial charge in [0.25, 0.3) is 5.91 Å². The first kappa shape index (κ1) is 35.1. The zero-order valence-corrected chi connectivity index (χ0v) is 28.9. The second kappa shape index (κ2) is 14.9. The van der Waals surface area contributed by atoms with Crippen molar-refractivity contribution < 1.29 is 37.1 Å². The second-order valence-electron chi connectivity index (χ2n) is 12.8. The number of hydrogen-bond acceptors (Lipinski definition) is 8. The number of hydrogen-bond donors (Lipinski definition) is 3. The highest BCUT2D eigenvalue weighted by Gasteiger charge is 2.62. The van der Waals surface area contributed by atoms with Crippen LogP contribution in [-0.2, 0) is 40.5 Å². The first-order chi connectivity index (χ1) is 22.5. The minimum absolute atomic E-state index is 0.0805. The van der Waals surface area contributed by atoms with Gasteiger partial charge in [0.1, 0.15) is 17.6 Å². The molecule has 0 spiro atoms. The molecule has 1 aromatic rings. The van der Waals surface area contributed by atoms with Crippen molar-refractivity contribution in [2.24, 2.45) is 5.92 Å². The van der Waals surface area contributed by atoms with Crippen LogP contribution in [0, 0.1) is 5.92 Å². The molecular weight excluding hydrogens is 692 g/mol. The number of halogens is 1. The molecular formula is C33H43BrN4O8S. The third-order valence-electron chi connectivity index (χ3n) is 9.06. The van der Waals surface area contributed by atoms with Crippen LogP contribution in [-0.4, -0.2) is 79.3 Å². The largest absolute Gasteiger partial charge is 0.450 e. The Kier molecular flexibility index (Phi) is 11.1. The average molecular weight is 736 g/mol. The van der Waals surface area contributed by atoms with E-state index < -0.39 is 68.7 Å². The maximum Gasteiger partial charge on any atom is 0.407 e. The maximum absolute atomic E-state index is 14.1. The van der Waals surface area contributed by atoms with Gasteiger partial charge in [-0.05, 0) is 67.9 Å². The highest BCUT2D eigenvalue weighted by molar-refractivity contribution is 9.10.